The maximum absolute atomic E-state index is 12.4. The van der Waals surface area contributed by atoms with E-state index < -0.39 is 17.6 Å². The van der Waals surface area contributed by atoms with E-state index in [1.165, 1.54) is 13.0 Å². The van der Waals surface area contributed by atoms with E-state index >= 15 is 0 Å². The number of carbonyl (C=O) groups is 2. The van der Waals surface area contributed by atoms with Crippen LogP contribution in [0, 0.1) is 6.92 Å². The molecule has 2 aromatic carbocycles. The summed E-state index contributed by atoms with van der Waals surface area (Å²) in [5.41, 5.74) is 2.32. The maximum atomic E-state index is 12.4. The van der Waals surface area contributed by atoms with Crippen molar-refractivity contribution >= 4 is 22.8 Å². The number of aryl methyl sites for hydroxylation is 1. The molecule has 3 rings (SSSR count). The van der Waals surface area contributed by atoms with Gasteiger partial charge in [0.2, 0.25) is 5.91 Å². The highest BCUT2D eigenvalue weighted by Gasteiger charge is 2.18. The second-order valence-corrected chi connectivity index (χ2v) is 6.62. The van der Waals surface area contributed by atoms with Crippen LogP contribution in [0.15, 0.2) is 63.8 Å². The van der Waals surface area contributed by atoms with Crippen LogP contribution >= 0.6 is 0 Å². The van der Waals surface area contributed by atoms with Gasteiger partial charge in [-0.3, -0.25) is 9.59 Å². The van der Waals surface area contributed by atoms with Gasteiger partial charge in [-0.1, -0.05) is 42.5 Å². The molecular formula is C22H21NO5. The molecule has 144 valence electrons. The van der Waals surface area contributed by atoms with Gasteiger partial charge in [-0.2, -0.15) is 0 Å². The summed E-state index contributed by atoms with van der Waals surface area (Å²) in [6, 6.07) is 15.6. The average Bonchev–Trinajstić information content (AvgIpc) is 2.65. The lowest BCUT2D eigenvalue weighted by atomic mass is 10.0. The monoisotopic (exact) mass is 379 g/mol. The standard InChI is InChI=1S/C22H21NO5/c1-14-8-9-18-17(11-22(26)28-20(18)10-14)13-27-21(25)12-19(23-15(2)24)16-6-4-3-5-7-16/h3-11,19H,12-13H2,1-2H3,(H,23,24)/t19-/m1/s1. The van der Waals surface area contributed by atoms with Crippen LogP contribution in [-0.4, -0.2) is 11.9 Å². The SMILES string of the molecule is CC(=O)N[C@H](CC(=O)OCc1cc(=O)oc2cc(C)ccc12)c1ccccc1. The molecule has 1 aromatic heterocycles. The van der Waals surface area contributed by atoms with E-state index in [0.717, 1.165) is 16.5 Å². The van der Waals surface area contributed by atoms with Crippen LogP contribution in [0.1, 0.15) is 36.1 Å². The Hall–Kier alpha value is -3.41. The fourth-order valence-electron chi connectivity index (χ4n) is 3.02. The number of amides is 1. The van der Waals surface area contributed by atoms with Gasteiger partial charge in [0, 0.05) is 23.9 Å². The Morgan fingerprint density at radius 1 is 1.11 bits per heavy atom. The number of esters is 1. The Morgan fingerprint density at radius 2 is 1.86 bits per heavy atom. The fraction of sp³-hybridized carbons (Fsp3) is 0.227. The number of nitrogens with one attached hydrogen (secondary N) is 1. The minimum Gasteiger partial charge on any atom is -0.461 e. The van der Waals surface area contributed by atoms with Gasteiger partial charge in [0.05, 0.1) is 12.5 Å². The summed E-state index contributed by atoms with van der Waals surface area (Å²) in [4.78, 5) is 35.7. The zero-order valence-corrected chi connectivity index (χ0v) is 15.7. The molecule has 0 aliphatic rings. The normalized spacial score (nSPS) is 11.8. The molecule has 28 heavy (non-hydrogen) atoms. The van der Waals surface area contributed by atoms with Gasteiger partial charge in [0.1, 0.15) is 12.2 Å². The average molecular weight is 379 g/mol. The van der Waals surface area contributed by atoms with E-state index in [9.17, 15) is 14.4 Å². The number of benzene rings is 2. The molecule has 0 spiro atoms. The van der Waals surface area contributed by atoms with E-state index in [4.69, 9.17) is 9.15 Å². The first-order valence-corrected chi connectivity index (χ1v) is 8.93. The number of rotatable bonds is 6. The van der Waals surface area contributed by atoms with Crippen LogP contribution in [0.4, 0.5) is 0 Å². The van der Waals surface area contributed by atoms with Crippen LogP contribution < -0.4 is 10.9 Å². The van der Waals surface area contributed by atoms with Crippen molar-refractivity contribution in [2.24, 2.45) is 0 Å². The molecule has 1 heterocycles. The summed E-state index contributed by atoms with van der Waals surface area (Å²) < 4.78 is 10.6. The Balaban J connectivity index is 1.73. The molecule has 3 aromatic rings. The number of fused-ring (bicyclic) bond motifs is 1. The highest BCUT2D eigenvalue weighted by atomic mass is 16.5. The summed E-state index contributed by atoms with van der Waals surface area (Å²) >= 11 is 0. The van der Waals surface area contributed by atoms with Crippen molar-refractivity contribution in [2.75, 3.05) is 0 Å². The molecule has 0 bridgehead atoms. The largest absolute Gasteiger partial charge is 0.461 e. The molecule has 6 heteroatoms. The zero-order chi connectivity index (χ0) is 20.1. The third-order valence-corrected chi connectivity index (χ3v) is 4.32. The third-order valence-electron chi connectivity index (χ3n) is 4.32. The number of carbonyl (C=O) groups excluding carboxylic acids is 2. The van der Waals surface area contributed by atoms with Crippen LogP contribution in [0.2, 0.25) is 0 Å². The molecule has 0 unspecified atom stereocenters. The van der Waals surface area contributed by atoms with Crippen molar-refractivity contribution in [3.8, 4) is 0 Å². The van der Waals surface area contributed by atoms with Gasteiger partial charge in [0.15, 0.2) is 0 Å². The first-order chi connectivity index (χ1) is 13.4. The molecule has 0 aliphatic carbocycles. The molecule has 0 saturated heterocycles. The quantitative estimate of drug-likeness (QED) is 0.524. The van der Waals surface area contributed by atoms with E-state index in [1.807, 2.05) is 49.4 Å². The predicted octanol–water partition coefficient (Wildman–Crippen LogP) is 3.41. The summed E-state index contributed by atoms with van der Waals surface area (Å²) in [6.45, 7) is 3.25. The minimum absolute atomic E-state index is 0.0118. The van der Waals surface area contributed by atoms with Gasteiger partial charge >= 0.3 is 11.6 Å². The molecule has 0 saturated carbocycles. The number of hydrogen-bond donors (Lipinski definition) is 1. The highest BCUT2D eigenvalue weighted by Crippen LogP contribution is 2.21. The second-order valence-electron chi connectivity index (χ2n) is 6.62. The highest BCUT2D eigenvalue weighted by molar-refractivity contribution is 5.81. The van der Waals surface area contributed by atoms with Gasteiger partial charge in [0.25, 0.3) is 0 Å². The van der Waals surface area contributed by atoms with Crippen LogP contribution in [-0.2, 0) is 20.9 Å². The molecule has 1 N–H and O–H groups in total. The third kappa shape index (κ3) is 4.85. The lowest BCUT2D eigenvalue weighted by molar-refractivity contribution is -0.145. The lowest BCUT2D eigenvalue weighted by Gasteiger charge is -2.17. The molecule has 0 fully saturated rings. The van der Waals surface area contributed by atoms with Crippen molar-refractivity contribution in [1.82, 2.24) is 5.32 Å². The fourth-order valence-corrected chi connectivity index (χ4v) is 3.02. The van der Waals surface area contributed by atoms with Crippen LogP contribution in [0.5, 0.6) is 0 Å². The summed E-state index contributed by atoms with van der Waals surface area (Å²) in [5, 5.41) is 3.49. The molecule has 0 aliphatic heterocycles. The van der Waals surface area contributed by atoms with Crippen molar-refractivity contribution in [3.05, 3.63) is 81.7 Å². The van der Waals surface area contributed by atoms with E-state index in [2.05, 4.69) is 5.32 Å². The van der Waals surface area contributed by atoms with Crippen molar-refractivity contribution in [3.63, 3.8) is 0 Å². The number of ether oxygens (including phenoxy) is 1. The summed E-state index contributed by atoms with van der Waals surface area (Å²) in [5.74, 6) is -0.709. The zero-order valence-electron chi connectivity index (χ0n) is 15.7. The van der Waals surface area contributed by atoms with Crippen molar-refractivity contribution < 1.29 is 18.7 Å². The summed E-state index contributed by atoms with van der Waals surface area (Å²) in [7, 11) is 0. The Kier molecular flexibility index (Phi) is 5.89. The topological polar surface area (TPSA) is 85.6 Å². The molecular weight excluding hydrogens is 358 g/mol. The maximum Gasteiger partial charge on any atom is 0.336 e. The number of hydrogen-bond acceptors (Lipinski definition) is 5. The van der Waals surface area contributed by atoms with Gasteiger partial charge in [-0.25, -0.2) is 4.79 Å². The van der Waals surface area contributed by atoms with Crippen LogP contribution in [0.25, 0.3) is 11.0 Å². The minimum atomic E-state index is -0.496. The van der Waals surface area contributed by atoms with Crippen molar-refractivity contribution in [2.45, 2.75) is 32.9 Å². The van der Waals surface area contributed by atoms with Gasteiger partial charge in [-0.15, -0.1) is 0 Å². The van der Waals surface area contributed by atoms with E-state index in [0.29, 0.717) is 11.1 Å². The van der Waals surface area contributed by atoms with Gasteiger partial charge < -0.3 is 14.5 Å². The molecule has 1 amide bonds. The van der Waals surface area contributed by atoms with Crippen LogP contribution in [0.3, 0.4) is 0 Å². The molecule has 0 radical (unpaired) electrons. The molecule has 1 atom stereocenters. The lowest BCUT2D eigenvalue weighted by Crippen LogP contribution is -2.28. The van der Waals surface area contributed by atoms with E-state index in [1.54, 1.807) is 6.07 Å². The second kappa shape index (κ2) is 8.52. The van der Waals surface area contributed by atoms with Gasteiger partial charge in [-0.05, 0) is 24.1 Å². The first kappa shape index (κ1) is 19.4. The first-order valence-electron chi connectivity index (χ1n) is 8.93. The Labute approximate surface area is 162 Å². The Morgan fingerprint density at radius 3 is 2.57 bits per heavy atom. The Bertz CT molecular complexity index is 1060. The van der Waals surface area contributed by atoms with E-state index in [-0.39, 0.29) is 18.9 Å². The molecule has 6 nitrogen and oxygen atoms in total. The summed E-state index contributed by atoms with van der Waals surface area (Å²) in [6.07, 6.45) is -0.0118. The van der Waals surface area contributed by atoms with Crippen molar-refractivity contribution in [1.29, 1.82) is 0 Å². The smallest absolute Gasteiger partial charge is 0.336 e. The predicted molar refractivity (Wildman–Crippen MR) is 105 cm³/mol.